The number of carbonyl (C=O) groups excluding carboxylic acids is 1. The van der Waals surface area contributed by atoms with Crippen molar-refractivity contribution >= 4 is 5.91 Å². The number of ether oxygens (including phenoxy) is 1. The first kappa shape index (κ1) is 22.7. The Morgan fingerprint density at radius 3 is 2.54 bits per heavy atom. The first-order chi connectivity index (χ1) is 16.7. The third-order valence-electron chi connectivity index (χ3n) is 6.05. The van der Waals surface area contributed by atoms with Crippen molar-refractivity contribution in [1.82, 2.24) is 19.7 Å². The number of aromatic nitrogens is 3. The smallest absolute Gasteiger partial charge is 0.260 e. The first-order valence-electron chi connectivity index (χ1n) is 11.3. The molecule has 0 aliphatic carbocycles. The number of hydrogen-bond donors (Lipinski definition) is 1. The lowest BCUT2D eigenvalue weighted by Gasteiger charge is -2.18. The molecule has 0 fully saturated rings. The van der Waals surface area contributed by atoms with Crippen molar-refractivity contribution in [1.29, 1.82) is 0 Å². The predicted molar refractivity (Wildman–Crippen MR) is 128 cm³/mol. The summed E-state index contributed by atoms with van der Waals surface area (Å²) in [5.41, 5.74) is 3.22. The lowest BCUT2D eigenvalue weighted by molar-refractivity contribution is 0.0763. The molecule has 5 rings (SSSR count). The Labute approximate surface area is 202 Å². The number of benzene rings is 2. The third kappa shape index (κ3) is 4.52. The van der Waals surface area contributed by atoms with Crippen molar-refractivity contribution in [2.24, 2.45) is 7.05 Å². The van der Waals surface area contributed by atoms with Crippen LogP contribution in [0.4, 0.5) is 4.39 Å². The van der Waals surface area contributed by atoms with E-state index in [0.717, 1.165) is 22.4 Å². The summed E-state index contributed by atoms with van der Waals surface area (Å²) < 4.78 is 22.2. The van der Waals surface area contributed by atoms with Crippen LogP contribution in [0, 0.1) is 5.82 Å². The molecule has 7 nitrogen and oxygen atoms in total. The number of aliphatic hydroxyl groups is 1. The van der Waals surface area contributed by atoms with Gasteiger partial charge in [-0.1, -0.05) is 30.3 Å². The molecule has 0 bridgehead atoms. The molecule has 0 unspecified atom stereocenters. The topological polar surface area (TPSA) is 80.5 Å². The number of nitrogens with zero attached hydrogens (tertiary/aromatic N) is 4. The maximum atomic E-state index is 14.7. The van der Waals surface area contributed by atoms with Crippen LogP contribution in [0.15, 0.2) is 67.0 Å². The van der Waals surface area contributed by atoms with Gasteiger partial charge >= 0.3 is 0 Å². The van der Waals surface area contributed by atoms with Crippen molar-refractivity contribution in [3.05, 3.63) is 95.1 Å². The third-order valence-corrected chi connectivity index (χ3v) is 6.05. The molecule has 4 aromatic rings. The van der Waals surface area contributed by atoms with Crippen molar-refractivity contribution in [3.8, 4) is 22.9 Å². The molecule has 1 N–H and O–H groups in total. The van der Waals surface area contributed by atoms with Crippen LogP contribution in [0.1, 0.15) is 40.9 Å². The number of aryl methyl sites for hydroxylation is 1. The van der Waals surface area contributed by atoms with Gasteiger partial charge in [-0.05, 0) is 54.8 Å². The van der Waals surface area contributed by atoms with E-state index in [1.807, 2.05) is 43.6 Å². The minimum atomic E-state index is -1.18. The van der Waals surface area contributed by atoms with Gasteiger partial charge in [0.1, 0.15) is 5.56 Å². The molecule has 8 heteroatoms. The Kier molecular flexibility index (Phi) is 5.61. The van der Waals surface area contributed by atoms with E-state index in [2.05, 4.69) is 10.1 Å². The van der Waals surface area contributed by atoms with Crippen LogP contribution in [0.2, 0.25) is 0 Å². The number of rotatable bonds is 6. The minimum Gasteiger partial charge on any atom is -0.435 e. The van der Waals surface area contributed by atoms with Crippen LogP contribution in [-0.2, 0) is 25.7 Å². The van der Waals surface area contributed by atoms with Gasteiger partial charge in [0.25, 0.3) is 5.91 Å². The molecule has 1 amide bonds. The average Bonchev–Trinajstić information content (AvgIpc) is 3.39. The highest BCUT2D eigenvalue weighted by molar-refractivity contribution is 6.00. The number of hydrogen-bond acceptors (Lipinski definition) is 5. The summed E-state index contributed by atoms with van der Waals surface area (Å²) in [5, 5.41) is 14.5. The zero-order chi connectivity index (χ0) is 24.7. The van der Waals surface area contributed by atoms with Crippen molar-refractivity contribution < 1.29 is 19.0 Å². The molecule has 0 saturated carbocycles. The van der Waals surface area contributed by atoms with Gasteiger partial charge in [0.05, 0.1) is 11.3 Å². The molecule has 3 heterocycles. The summed E-state index contributed by atoms with van der Waals surface area (Å²) >= 11 is 0. The monoisotopic (exact) mass is 472 g/mol. The van der Waals surface area contributed by atoms with E-state index in [0.29, 0.717) is 24.2 Å². The molecular weight excluding hydrogens is 447 g/mol. The highest BCUT2D eigenvalue weighted by Gasteiger charge is 2.32. The normalized spacial score (nSPS) is 13.3. The van der Waals surface area contributed by atoms with E-state index in [1.54, 1.807) is 41.8 Å². The van der Waals surface area contributed by atoms with Gasteiger partial charge in [0, 0.05) is 38.1 Å². The van der Waals surface area contributed by atoms with E-state index < -0.39 is 11.4 Å². The fraction of sp³-hybridized carbons (Fsp3) is 0.222. The molecule has 0 radical (unpaired) electrons. The van der Waals surface area contributed by atoms with Gasteiger partial charge in [0.15, 0.2) is 11.6 Å². The van der Waals surface area contributed by atoms with Gasteiger partial charge < -0.3 is 14.7 Å². The van der Waals surface area contributed by atoms with Gasteiger partial charge in [-0.2, -0.15) is 5.10 Å². The van der Waals surface area contributed by atoms with Crippen LogP contribution < -0.4 is 4.74 Å². The van der Waals surface area contributed by atoms with Crippen molar-refractivity contribution in [2.75, 3.05) is 0 Å². The van der Waals surface area contributed by atoms with Gasteiger partial charge in [0.2, 0.25) is 5.88 Å². The van der Waals surface area contributed by atoms with E-state index in [1.165, 1.54) is 12.1 Å². The molecule has 2 aromatic carbocycles. The number of fused-ring (bicyclic) bond motifs is 1. The lowest BCUT2D eigenvalue weighted by atomic mass is 9.98. The summed E-state index contributed by atoms with van der Waals surface area (Å²) in [6.45, 7) is 3.99. The highest BCUT2D eigenvalue weighted by atomic mass is 19.1. The van der Waals surface area contributed by atoms with Crippen LogP contribution in [0.25, 0.3) is 11.3 Å². The fourth-order valence-electron chi connectivity index (χ4n) is 4.12. The average molecular weight is 473 g/mol. The molecular formula is C27H25FN4O3. The quantitative estimate of drug-likeness (QED) is 0.436. The zero-order valence-corrected chi connectivity index (χ0v) is 19.7. The lowest BCUT2D eigenvalue weighted by Crippen LogP contribution is -2.23. The number of pyridine rings is 1. The zero-order valence-electron chi connectivity index (χ0n) is 19.7. The predicted octanol–water partition coefficient (Wildman–Crippen LogP) is 4.80. The van der Waals surface area contributed by atoms with Gasteiger partial charge in [-0.15, -0.1) is 0 Å². The highest BCUT2D eigenvalue weighted by Crippen LogP contribution is 2.34. The second-order valence-electron chi connectivity index (χ2n) is 9.19. The maximum Gasteiger partial charge on any atom is 0.260 e. The van der Waals surface area contributed by atoms with Crippen molar-refractivity contribution in [2.45, 2.75) is 32.5 Å². The van der Waals surface area contributed by atoms with Crippen molar-refractivity contribution in [3.63, 3.8) is 0 Å². The maximum absolute atomic E-state index is 14.7. The Hall–Kier alpha value is -4.04. The Bertz CT molecular complexity index is 1410. The molecule has 0 spiro atoms. The summed E-state index contributed by atoms with van der Waals surface area (Å²) in [6, 6.07) is 15.9. The van der Waals surface area contributed by atoms with Crippen LogP contribution in [-0.4, -0.2) is 30.7 Å². The number of amides is 1. The Morgan fingerprint density at radius 1 is 1.11 bits per heavy atom. The molecule has 1 aliphatic rings. The number of halogens is 1. The van der Waals surface area contributed by atoms with Gasteiger partial charge in [-0.3, -0.25) is 9.48 Å². The van der Waals surface area contributed by atoms with E-state index in [-0.39, 0.29) is 17.5 Å². The standard InChI is InChI=1S/C27H25FN4O3/c1-27(2,34)20-8-9-23(21(28)14-20)35-25-24-19(10-12-29-25)16-32(26(24)33)15-17-4-6-18(7-5-17)22-11-13-31(3)30-22/h4-14,34H,15-16H2,1-3H3. The summed E-state index contributed by atoms with van der Waals surface area (Å²) in [5.74, 6) is -0.851. The first-order valence-corrected chi connectivity index (χ1v) is 11.3. The molecule has 178 valence electrons. The fourth-order valence-corrected chi connectivity index (χ4v) is 4.12. The molecule has 35 heavy (non-hydrogen) atoms. The summed E-state index contributed by atoms with van der Waals surface area (Å²) in [6.07, 6.45) is 3.44. The largest absolute Gasteiger partial charge is 0.435 e. The van der Waals surface area contributed by atoms with Crippen LogP contribution in [0.3, 0.4) is 0 Å². The van der Waals surface area contributed by atoms with E-state index in [4.69, 9.17) is 4.74 Å². The molecule has 2 aromatic heterocycles. The Balaban J connectivity index is 1.34. The van der Waals surface area contributed by atoms with Crippen LogP contribution >= 0.6 is 0 Å². The Morgan fingerprint density at radius 2 is 1.89 bits per heavy atom. The molecule has 0 saturated heterocycles. The summed E-state index contributed by atoms with van der Waals surface area (Å²) in [7, 11) is 1.88. The van der Waals surface area contributed by atoms with Crippen LogP contribution in [0.5, 0.6) is 11.6 Å². The second kappa shape index (κ2) is 8.63. The molecule has 0 atom stereocenters. The SMILES string of the molecule is Cn1ccc(-c2ccc(CN3Cc4ccnc(Oc5ccc(C(C)(C)O)cc5F)c4C3=O)cc2)n1. The second-order valence-corrected chi connectivity index (χ2v) is 9.19. The number of carbonyl (C=O) groups is 1. The van der Waals surface area contributed by atoms with Gasteiger partial charge in [-0.25, -0.2) is 9.37 Å². The van der Waals surface area contributed by atoms with E-state index >= 15 is 0 Å². The van der Waals surface area contributed by atoms with E-state index in [9.17, 15) is 14.3 Å². The summed E-state index contributed by atoms with van der Waals surface area (Å²) in [4.78, 5) is 19.2. The molecule has 1 aliphatic heterocycles. The minimum absolute atomic E-state index is 0.0599.